The first kappa shape index (κ1) is 11.8. The van der Waals surface area contributed by atoms with Crippen LogP contribution in [0.1, 0.15) is 5.56 Å². The average Bonchev–Trinajstić information content (AvgIpc) is 2.81. The van der Waals surface area contributed by atoms with Gasteiger partial charge in [0.1, 0.15) is 11.3 Å². The summed E-state index contributed by atoms with van der Waals surface area (Å²) in [6.45, 7) is 0. The van der Waals surface area contributed by atoms with Crippen LogP contribution in [0, 0.1) is 0 Å². The smallest absolute Gasteiger partial charge is 0.416 e. The van der Waals surface area contributed by atoms with E-state index in [1.165, 1.54) is 6.07 Å². The van der Waals surface area contributed by atoms with Gasteiger partial charge < -0.3 is 4.42 Å². The quantitative estimate of drug-likeness (QED) is 0.593. The summed E-state index contributed by atoms with van der Waals surface area (Å²) >= 11 is 0. The fourth-order valence-corrected chi connectivity index (χ4v) is 1.95. The molecule has 0 aliphatic heterocycles. The average molecular weight is 262 g/mol. The highest BCUT2D eigenvalue weighted by atomic mass is 19.4. The van der Waals surface area contributed by atoms with Gasteiger partial charge in [-0.05, 0) is 18.2 Å². The van der Waals surface area contributed by atoms with Crippen LogP contribution in [0.2, 0.25) is 0 Å². The first-order chi connectivity index (χ1) is 9.04. The second-order valence-electron chi connectivity index (χ2n) is 4.23. The number of alkyl halides is 3. The Bertz CT molecular complexity index is 711. The van der Waals surface area contributed by atoms with Gasteiger partial charge in [0.05, 0.1) is 5.56 Å². The fraction of sp³-hybridized carbons (Fsp3) is 0.0667. The van der Waals surface area contributed by atoms with Crippen molar-refractivity contribution in [2.24, 2.45) is 0 Å². The van der Waals surface area contributed by atoms with Gasteiger partial charge >= 0.3 is 6.18 Å². The number of hydrogen-bond acceptors (Lipinski definition) is 1. The molecular formula is C15H9F3O. The minimum atomic E-state index is -4.35. The predicted octanol–water partition coefficient (Wildman–Crippen LogP) is 5.12. The minimum absolute atomic E-state index is 0.244. The van der Waals surface area contributed by atoms with Crippen LogP contribution in [0.5, 0.6) is 0 Å². The standard InChI is InChI=1S/C15H9F3O/c16-15(17,18)12-7-6-11-8-13(19-14(11)9-12)10-4-2-1-3-5-10/h1-9H. The first-order valence-corrected chi connectivity index (χ1v) is 5.70. The maximum Gasteiger partial charge on any atom is 0.416 e. The van der Waals surface area contributed by atoms with Crippen molar-refractivity contribution in [1.29, 1.82) is 0 Å². The summed E-state index contributed by atoms with van der Waals surface area (Å²) in [4.78, 5) is 0. The number of halogens is 3. The Balaban J connectivity index is 2.12. The highest BCUT2D eigenvalue weighted by Crippen LogP contribution is 2.34. The van der Waals surface area contributed by atoms with Gasteiger partial charge in [-0.1, -0.05) is 36.4 Å². The SMILES string of the molecule is FC(F)(F)c1ccc2cc(-c3ccccc3)oc2c1. The van der Waals surface area contributed by atoms with E-state index in [9.17, 15) is 13.2 Å². The summed E-state index contributed by atoms with van der Waals surface area (Å²) < 4.78 is 43.3. The van der Waals surface area contributed by atoms with Crippen molar-refractivity contribution < 1.29 is 17.6 Å². The zero-order valence-electron chi connectivity index (χ0n) is 9.74. The van der Waals surface area contributed by atoms with E-state index in [-0.39, 0.29) is 5.58 Å². The van der Waals surface area contributed by atoms with Crippen molar-refractivity contribution in [3.63, 3.8) is 0 Å². The molecule has 96 valence electrons. The fourth-order valence-electron chi connectivity index (χ4n) is 1.95. The van der Waals surface area contributed by atoms with Crippen molar-refractivity contribution >= 4 is 11.0 Å². The van der Waals surface area contributed by atoms with E-state index in [0.717, 1.165) is 17.7 Å². The zero-order valence-corrected chi connectivity index (χ0v) is 9.74. The van der Waals surface area contributed by atoms with Crippen LogP contribution in [0.4, 0.5) is 13.2 Å². The highest BCUT2D eigenvalue weighted by Gasteiger charge is 2.30. The lowest BCUT2D eigenvalue weighted by molar-refractivity contribution is -0.137. The molecule has 0 atom stereocenters. The molecule has 0 aliphatic carbocycles. The van der Waals surface area contributed by atoms with Crippen molar-refractivity contribution in [2.75, 3.05) is 0 Å². The van der Waals surface area contributed by atoms with Gasteiger partial charge in [0.2, 0.25) is 0 Å². The summed E-state index contributed by atoms with van der Waals surface area (Å²) in [7, 11) is 0. The molecule has 3 aromatic rings. The molecule has 0 fully saturated rings. The van der Waals surface area contributed by atoms with Crippen molar-refractivity contribution in [1.82, 2.24) is 0 Å². The van der Waals surface area contributed by atoms with E-state index < -0.39 is 11.7 Å². The lowest BCUT2D eigenvalue weighted by atomic mass is 10.1. The van der Waals surface area contributed by atoms with Crippen LogP contribution in [-0.4, -0.2) is 0 Å². The van der Waals surface area contributed by atoms with Crippen molar-refractivity contribution in [3.05, 3.63) is 60.2 Å². The summed E-state index contributed by atoms with van der Waals surface area (Å²) in [5.74, 6) is 0.565. The van der Waals surface area contributed by atoms with E-state index in [1.807, 2.05) is 30.3 Å². The molecule has 0 bridgehead atoms. The Morgan fingerprint density at radius 2 is 1.58 bits per heavy atom. The van der Waals surface area contributed by atoms with Crippen LogP contribution in [0.25, 0.3) is 22.3 Å². The Morgan fingerprint density at radius 3 is 2.26 bits per heavy atom. The molecule has 0 amide bonds. The molecule has 1 heterocycles. The van der Waals surface area contributed by atoms with Crippen LogP contribution >= 0.6 is 0 Å². The maximum absolute atomic E-state index is 12.6. The number of hydrogen-bond donors (Lipinski definition) is 0. The molecule has 0 spiro atoms. The van der Waals surface area contributed by atoms with Gasteiger partial charge in [0.15, 0.2) is 0 Å². The number of fused-ring (bicyclic) bond motifs is 1. The number of furan rings is 1. The van der Waals surface area contributed by atoms with Gasteiger partial charge in [-0.15, -0.1) is 0 Å². The van der Waals surface area contributed by atoms with Crippen molar-refractivity contribution in [3.8, 4) is 11.3 Å². The summed E-state index contributed by atoms with van der Waals surface area (Å²) in [6, 6.07) is 14.5. The molecule has 4 heteroatoms. The third kappa shape index (κ3) is 2.21. The van der Waals surface area contributed by atoms with Gasteiger partial charge in [0, 0.05) is 10.9 Å². The summed E-state index contributed by atoms with van der Waals surface area (Å²) in [6.07, 6.45) is -4.35. The molecule has 0 aliphatic rings. The molecule has 19 heavy (non-hydrogen) atoms. The molecule has 0 radical (unpaired) electrons. The van der Waals surface area contributed by atoms with E-state index in [1.54, 1.807) is 6.07 Å². The molecule has 1 aromatic heterocycles. The lowest BCUT2D eigenvalue weighted by Crippen LogP contribution is -2.03. The zero-order chi connectivity index (χ0) is 13.5. The third-order valence-electron chi connectivity index (χ3n) is 2.91. The monoisotopic (exact) mass is 262 g/mol. The Kier molecular flexibility index (Phi) is 2.59. The normalized spacial score (nSPS) is 11.9. The van der Waals surface area contributed by atoms with Gasteiger partial charge in [-0.25, -0.2) is 0 Å². The van der Waals surface area contributed by atoms with Crippen molar-refractivity contribution in [2.45, 2.75) is 6.18 Å². The van der Waals surface area contributed by atoms with E-state index in [2.05, 4.69) is 0 Å². The number of rotatable bonds is 1. The topological polar surface area (TPSA) is 13.1 Å². The molecule has 0 saturated heterocycles. The second-order valence-corrected chi connectivity index (χ2v) is 4.23. The van der Waals surface area contributed by atoms with Crippen LogP contribution in [-0.2, 0) is 6.18 Å². The second kappa shape index (κ2) is 4.16. The van der Waals surface area contributed by atoms with Gasteiger partial charge in [-0.3, -0.25) is 0 Å². The molecule has 0 N–H and O–H groups in total. The molecular weight excluding hydrogens is 253 g/mol. The van der Waals surface area contributed by atoms with Gasteiger partial charge in [0.25, 0.3) is 0 Å². The van der Waals surface area contributed by atoms with Gasteiger partial charge in [-0.2, -0.15) is 13.2 Å². The van der Waals surface area contributed by atoms with Crippen LogP contribution in [0.15, 0.2) is 59.0 Å². The molecule has 0 unspecified atom stereocenters. The van der Waals surface area contributed by atoms with E-state index in [0.29, 0.717) is 11.1 Å². The highest BCUT2D eigenvalue weighted by molar-refractivity contribution is 5.83. The van der Waals surface area contributed by atoms with E-state index >= 15 is 0 Å². The minimum Gasteiger partial charge on any atom is -0.456 e. The molecule has 3 rings (SSSR count). The maximum atomic E-state index is 12.6. The predicted molar refractivity (Wildman–Crippen MR) is 66.7 cm³/mol. The largest absolute Gasteiger partial charge is 0.456 e. The summed E-state index contributed by atoms with van der Waals surface area (Å²) in [5, 5.41) is 0.659. The molecule has 1 nitrogen and oxygen atoms in total. The summed E-state index contributed by atoms with van der Waals surface area (Å²) in [5.41, 5.74) is 0.384. The number of benzene rings is 2. The third-order valence-corrected chi connectivity index (χ3v) is 2.91. The molecule has 0 saturated carbocycles. The Hall–Kier alpha value is -2.23. The Morgan fingerprint density at radius 1 is 0.842 bits per heavy atom. The molecule has 2 aromatic carbocycles. The van der Waals surface area contributed by atoms with Crippen LogP contribution < -0.4 is 0 Å². The lowest BCUT2D eigenvalue weighted by Gasteiger charge is -2.04. The van der Waals surface area contributed by atoms with Crippen LogP contribution in [0.3, 0.4) is 0 Å². The van der Waals surface area contributed by atoms with E-state index in [4.69, 9.17) is 4.42 Å². The first-order valence-electron chi connectivity index (χ1n) is 5.70. The Labute approximate surface area is 107 Å².